The predicted molar refractivity (Wildman–Crippen MR) is 151 cm³/mol. The summed E-state index contributed by atoms with van der Waals surface area (Å²) in [5.41, 5.74) is 1.95. The molecule has 4 aromatic carbocycles. The Bertz CT molecular complexity index is 1910. The summed E-state index contributed by atoms with van der Waals surface area (Å²) in [6, 6.07) is 28.8. The van der Waals surface area contributed by atoms with Crippen LogP contribution >= 0.6 is 0 Å². The Morgan fingerprint density at radius 1 is 0.975 bits per heavy atom. The average molecular weight is 533 g/mol. The molecule has 1 amide bonds. The molecule has 0 saturated heterocycles. The van der Waals surface area contributed by atoms with Crippen LogP contribution in [-0.2, 0) is 4.79 Å². The highest BCUT2D eigenvalue weighted by Gasteiger charge is 2.16. The Labute approximate surface area is 227 Å². The van der Waals surface area contributed by atoms with Gasteiger partial charge in [0.1, 0.15) is 17.1 Å². The molecule has 0 saturated carbocycles. The van der Waals surface area contributed by atoms with Gasteiger partial charge in [-0.05, 0) is 66.2 Å². The van der Waals surface area contributed by atoms with Gasteiger partial charge in [0.2, 0.25) is 5.82 Å². The van der Waals surface area contributed by atoms with Gasteiger partial charge in [-0.15, -0.1) is 0 Å². The summed E-state index contributed by atoms with van der Waals surface area (Å²) in [6.45, 7) is -0.248. The number of aromatic nitrogens is 2. The van der Waals surface area contributed by atoms with Gasteiger partial charge in [-0.3, -0.25) is 9.59 Å². The highest BCUT2D eigenvalue weighted by Crippen LogP contribution is 2.27. The number of furan rings is 1. The number of rotatable bonds is 7. The maximum atomic E-state index is 13.4. The second-order valence-corrected chi connectivity index (χ2v) is 8.88. The molecule has 0 aliphatic rings. The average Bonchev–Trinajstić information content (AvgIpc) is 3.41. The molecule has 40 heavy (non-hydrogen) atoms. The SMILES string of the molecule is O=C(COc1cccc(C=Nn2c(-c3cc4ccccc4o3)nc3ccccc3c2=O)c1)Nc1ccc(F)cc1. The monoisotopic (exact) mass is 532 g/mol. The summed E-state index contributed by atoms with van der Waals surface area (Å²) in [5, 5.41) is 8.40. The third-order valence-corrected chi connectivity index (χ3v) is 6.08. The maximum Gasteiger partial charge on any atom is 0.282 e. The topological polar surface area (TPSA) is 98.7 Å². The number of ether oxygens (including phenoxy) is 1. The molecule has 2 aromatic heterocycles. The number of hydrogen-bond acceptors (Lipinski definition) is 6. The number of benzene rings is 4. The van der Waals surface area contributed by atoms with E-state index in [1.54, 1.807) is 42.5 Å². The van der Waals surface area contributed by atoms with Gasteiger partial charge < -0.3 is 14.5 Å². The van der Waals surface area contributed by atoms with Gasteiger partial charge in [0, 0.05) is 11.1 Å². The van der Waals surface area contributed by atoms with Crippen LogP contribution in [0.5, 0.6) is 5.75 Å². The van der Waals surface area contributed by atoms with Gasteiger partial charge in [0.05, 0.1) is 17.1 Å². The van der Waals surface area contributed by atoms with Crippen LogP contribution < -0.4 is 15.6 Å². The first-order valence-corrected chi connectivity index (χ1v) is 12.4. The van der Waals surface area contributed by atoms with E-state index in [-0.39, 0.29) is 23.8 Å². The van der Waals surface area contributed by atoms with Crippen molar-refractivity contribution in [1.82, 2.24) is 9.66 Å². The van der Waals surface area contributed by atoms with Crippen LogP contribution in [0.15, 0.2) is 117 Å². The van der Waals surface area contributed by atoms with Crippen LogP contribution in [-0.4, -0.2) is 28.4 Å². The molecular formula is C31H21FN4O4. The second-order valence-electron chi connectivity index (χ2n) is 8.88. The van der Waals surface area contributed by atoms with Crippen LogP contribution in [0.25, 0.3) is 33.5 Å². The molecule has 0 fully saturated rings. The molecule has 0 aliphatic carbocycles. The lowest BCUT2D eigenvalue weighted by atomic mass is 10.2. The Morgan fingerprint density at radius 2 is 1.77 bits per heavy atom. The van der Waals surface area contributed by atoms with Crippen molar-refractivity contribution in [3.63, 3.8) is 0 Å². The number of anilines is 1. The molecular weight excluding hydrogens is 511 g/mol. The van der Waals surface area contributed by atoms with Crippen molar-refractivity contribution in [3.8, 4) is 17.3 Å². The molecule has 0 atom stereocenters. The molecule has 9 heteroatoms. The van der Waals surface area contributed by atoms with Crippen molar-refractivity contribution in [2.45, 2.75) is 0 Å². The minimum Gasteiger partial charge on any atom is -0.484 e. The first-order chi connectivity index (χ1) is 19.5. The van der Waals surface area contributed by atoms with Crippen LogP contribution in [0.3, 0.4) is 0 Å². The summed E-state index contributed by atoms with van der Waals surface area (Å²) in [7, 11) is 0. The first-order valence-electron chi connectivity index (χ1n) is 12.4. The minimum absolute atomic E-state index is 0.248. The summed E-state index contributed by atoms with van der Waals surface area (Å²) >= 11 is 0. The Balaban J connectivity index is 1.27. The van der Waals surface area contributed by atoms with Crippen LogP contribution in [0.1, 0.15) is 5.56 Å². The quantitative estimate of drug-likeness (QED) is 0.260. The molecule has 6 rings (SSSR count). The molecule has 0 unspecified atom stereocenters. The number of hydrogen-bond donors (Lipinski definition) is 1. The number of amides is 1. The van der Waals surface area contributed by atoms with E-state index in [1.165, 1.54) is 35.2 Å². The zero-order valence-electron chi connectivity index (χ0n) is 21.0. The lowest BCUT2D eigenvalue weighted by molar-refractivity contribution is -0.118. The zero-order valence-corrected chi connectivity index (χ0v) is 21.0. The molecule has 0 bridgehead atoms. The molecule has 6 aromatic rings. The molecule has 0 aliphatic heterocycles. The molecule has 8 nitrogen and oxygen atoms in total. The van der Waals surface area contributed by atoms with Crippen molar-refractivity contribution in [2.24, 2.45) is 5.10 Å². The standard InChI is InChI=1S/C31H21FN4O4/c32-22-12-14-23(15-13-22)34-29(37)19-39-24-8-5-6-20(16-24)18-33-36-30(28-17-21-7-1-4-11-27(21)40-28)35-26-10-3-2-9-25(26)31(36)38/h1-18H,19H2,(H,34,37). The summed E-state index contributed by atoms with van der Waals surface area (Å²) in [6.07, 6.45) is 1.51. The fourth-order valence-corrected chi connectivity index (χ4v) is 4.17. The normalized spacial score (nSPS) is 11.3. The second kappa shape index (κ2) is 10.7. The van der Waals surface area contributed by atoms with E-state index < -0.39 is 5.91 Å². The summed E-state index contributed by atoms with van der Waals surface area (Å²) in [4.78, 5) is 30.4. The van der Waals surface area contributed by atoms with E-state index in [0.717, 1.165) is 5.39 Å². The van der Waals surface area contributed by atoms with E-state index in [0.29, 0.717) is 39.2 Å². The van der Waals surface area contributed by atoms with Crippen molar-refractivity contribution in [1.29, 1.82) is 0 Å². The van der Waals surface area contributed by atoms with Crippen molar-refractivity contribution in [2.75, 3.05) is 11.9 Å². The number of carbonyl (C=O) groups excluding carboxylic acids is 1. The number of para-hydroxylation sites is 2. The van der Waals surface area contributed by atoms with Gasteiger partial charge in [-0.25, -0.2) is 9.37 Å². The van der Waals surface area contributed by atoms with E-state index in [2.05, 4.69) is 15.4 Å². The lowest BCUT2D eigenvalue weighted by Crippen LogP contribution is -2.20. The van der Waals surface area contributed by atoms with E-state index in [9.17, 15) is 14.0 Å². The molecule has 0 spiro atoms. The minimum atomic E-state index is -0.394. The smallest absolute Gasteiger partial charge is 0.282 e. The third kappa shape index (κ3) is 5.21. The highest BCUT2D eigenvalue weighted by molar-refractivity contribution is 5.92. The zero-order chi connectivity index (χ0) is 27.5. The number of halogens is 1. The van der Waals surface area contributed by atoms with Gasteiger partial charge in [-0.2, -0.15) is 9.78 Å². The van der Waals surface area contributed by atoms with Crippen molar-refractivity contribution >= 4 is 39.7 Å². The number of nitrogens with one attached hydrogen (secondary N) is 1. The van der Waals surface area contributed by atoms with Crippen LogP contribution in [0, 0.1) is 5.82 Å². The molecule has 0 radical (unpaired) electrons. The largest absolute Gasteiger partial charge is 0.484 e. The third-order valence-electron chi connectivity index (χ3n) is 6.08. The maximum absolute atomic E-state index is 13.4. The first kappa shape index (κ1) is 24.7. The fourth-order valence-electron chi connectivity index (χ4n) is 4.17. The Hall–Kier alpha value is -5.57. The predicted octanol–water partition coefficient (Wildman–Crippen LogP) is 5.85. The van der Waals surface area contributed by atoms with Crippen LogP contribution in [0.2, 0.25) is 0 Å². The van der Waals surface area contributed by atoms with E-state index >= 15 is 0 Å². The van der Waals surface area contributed by atoms with Gasteiger partial charge in [0.15, 0.2) is 12.4 Å². The molecule has 196 valence electrons. The van der Waals surface area contributed by atoms with E-state index in [4.69, 9.17) is 9.15 Å². The fraction of sp³-hybridized carbons (Fsp3) is 0.0323. The van der Waals surface area contributed by atoms with Gasteiger partial charge >= 0.3 is 0 Å². The van der Waals surface area contributed by atoms with Crippen molar-refractivity contribution < 1.29 is 18.3 Å². The summed E-state index contributed by atoms with van der Waals surface area (Å²) in [5.74, 6) is 0.320. The van der Waals surface area contributed by atoms with Crippen molar-refractivity contribution in [3.05, 3.63) is 125 Å². The lowest BCUT2D eigenvalue weighted by Gasteiger charge is -2.09. The van der Waals surface area contributed by atoms with Gasteiger partial charge in [0.25, 0.3) is 11.5 Å². The van der Waals surface area contributed by atoms with E-state index in [1.807, 2.05) is 36.4 Å². The molecule has 2 heterocycles. The Kier molecular flexibility index (Phi) is 6.60. The highest BCUT2D eigenvalue weighted by atomic mass is 19.1. The number of fused-ring (bicyclic) bond motifs is 2. The van der Waals surface area contributed by atoms with Gasteiger partial charge in [-0.1, -0.05) is 42.5 Å². The van der Waals surface area contributed by atoms with Crippen LogP contribution in [0.4, 0.5) is 10.1 Å². The number of nitrogens with zero attached hydrogens (tertiary/aromatic N) is 3. The Morgan fingerprint density at radius 3 is 2.62 bits per heavy atom. The molecule has 1 N–H and O–H groups in total. The summed E-state index contributed by atoms with van der Waals surface area (Å²) < 4.78 is 25.9. The number of carbonyl (C=O) groups is 1.